The van der Waals surface area contributed by atoms with Crippen LogP contribution in [0.4, 0.5) is 5.82 Å². The smallest absolute Gasteiger partial charge is 0.348 e. The molecule has 1 aromatic carbocycles. The summed E-state index contributed by atoms with van der Waals surface area (Å²) in [5.41, 5.74) is 0.0506. The maximum Gasteiger partial charge on any atom is 0.348 e. The predicted octanol–water partition coefficient (Wildman–Crippen LogP) is 3.50. The molecule has 12 nitrogen and oxygen atoms in total. The third-order valence-electron chi connectivity index (χ3n) is 6.09. The van der Waals surface area contributed by atoms with Crippen LogP contribution in [0, 0.1) is 6.92 Å². The number of anilines is 1. The highest BCUT2D eigenvalue weighted by atomic mass is 32.1. The minimum absolute atomic E-state index is 0.0267. The van der Waals surface area contributed by atoms with Gasteiger partial charge in [-0.1, -0.05) is 25.1 Å². The van der Waals surface area contributed by atoms with E-state index in [1.165, 1.54) is 21.8 Å². The summed E-state index contributed by atoms with van der Waals surface area (Å²) in [6, 6.07) is 8.21. The maximum atomic E-state index is 13.5. The van der Waals surface area contributed by atoms with E-state index in [0.29, 0.717) is 16.1 Å². The first-order valence-corrected chi connectivity index (χ1v) is 13.4. The molecule has 3 aromatic heterocycles. The number of nitrogens with zero attached hydrogens (tertiary/aromatic N) is 4. The van der Waals surface area contributed by atoms with Crippen LogP contribution >= 0.6 is 11.3 Å². The summed E-state index contributed by atoms with van der Waals surface area (Å²) in [6.45, 7) is 5.43. The molecule has 0 saturated carbocycles. The summed E-state index contributed by atoms with van der Waals surface area (Å²) in [5.74, 6) is -0.936. The van der Waals surface area contributed by atoms with Crippen molar-refractivity contribution in [2.45, 2.75) is 33.2 Å². The molecule has 0 bridgehead atoms. The topological polar surface area (TPSA) is 144 Å². The Hall–Kier alpha value is -4.52. The van der Waals surface area contributed by atoms with Gasteiger partial charge in [0.1, 0.15) is 46.1 Å². The molecule has 0 radical (unpaired) electrons. The molecule has 40 heavy (non-hydrogen) atoms. The molecule has 4 rings (SSSR count). The number of ether oxygens (including phenoxy) is 3. The monoisotopic (exact) mass is 567 g/mol. The first-order valence-electron chi connectivity index (χ1n) is 12.6. The summed E-state index contributed by atoms with van der Waals surface area (Å²) in [5, 5.41) is 6.96. The number of amides is 1. The standard InChI is InChI=1S/C27H29N5O7S/c1-5-19(23(33)30-22-18(14-29-31(22)4)26(35)37-6-2)32-15-28-24-20(25(32)34)16(3)21(40-24)27(36)39-13-12-38-17-10-8-7-9-11-17/h7-11,14-15,19H,5-6,12-13H2,1-4H3,(H,30,33). The number of benzene rings is 1. The van der Waals surface area contributed by atoms with E-state index >= 15 is 0 Å². The van der Waals surface area contributed by atoms with Crippen molar-refractivity contribution < 1.29 is 28.6 Å². The molecular weight excluding hydrogens is 538 g/mol. The van der Waals surface area contributed by atoms with E-state index in [4.69, 9.17) is 14.2 Å². The molecule has 3 heterocycles. The molecule has 1 atom stereocenters. The number of aryl methyl sites for hydroxylation is 2. The van der Waals surface area contributed by atoms with Gasteiger partial charge in [0.15, 0.2) is 0 Å². The highest BCUT2D eigenvalue weighted by Crippen LogP contribution is 2.28. The van der Waals surface area contributed by atoms with Gasteiger partial charge in [-0.2, -0.15) is 5.10 Å². The number of fused-ring (bicyclic) bond motifs is 1. The number of carbonyl (C=O) groups is 3. The molecule has 0 aliphatic heterocycles. The van der Waals surface area contributed by atoms with Crippen LogP contribution in [0.25, 0.3) is 10.2 Å². The van der Waals surface area contributed by atoms with Gasteiger partial charge in [-0.3, -0.25) is 18.8 Å². The SMILES string of the molecule is CCOC(=O)c1cnn(C)c1NC(=O)C(CC)n1cnc2sc(C(=O)OCCOc3ccccc3)c(C)c2c1=O. The Kier molecular flexibility index (Phi) is 8.94. The van der Waals surface area contributed by atoms with Crippen molar-refractivity contribution >= 4 is 45.2 Å². The van der Waals surface area contributed by atoms with E-state index in [1.807, 2.05) is 18.2 Å². The molecule has 210 valence electrons. The molecule has 1 unspecified atom stereocenters. The summed E-state index contributed by atoms with van der Waals surface area (Å²) in [6.07, 6.45) is 2.84. The van der Waals surface area contributed by atoms with Crippen molar-refractivity contribution in [3.8, 4) is 5.75 Å². The van der Waals surface area contributed by atoms with Crippen LogP contribution in [0.1, 0.15) is 51.9 Å². The molecule has 0 aliphatic carbocycles. The van der Waals surface area contributed by atoms with Crippen LogP contribution in [0.3, 0.4) is 0 Å². The second-order valence-electron chi connectivity index (χ2n) is 8.65. The first kappa shape index (κ1) is 28.5. The Balaban J connectivity index is 1.52. The first-order chi connectivity index (χ1) is 19.3. The van der Waals surface area contributed by atoms with Gasteiger partial charge in [-0.25, -0.2) is 14.6 Å². The van der Waals surface area contributed by atoms with Crippen LogP contribution in [-0.4, -0.2) is 57.0 Å². The number of carbonyl (C=O) groups excluding carboxylic acids is 3. The van der Waals surface area contributed by atoms with Crippen molar-refractivity contribution in [2.75, 3.05) is 25.1 Å². The number of nitrogens with one attached hydrogen (secondary N) is 1. The maximum absolute atomic E-state index is 13.5. The largest absolute Gasteiger partial charge is 0.490 e. The summed E-state index contributed by atoms with van der Waals surface area (Å²) >= 11 is 1.05. The fourth-order valence-corrected chi connectivity index (χ4v) is 5.12. The molecule has 0 spiro atoms. The highest BCUT2D eigenvalue weighted by molar-refractivity contribution is 7.20. The minimum atomic E-state index is -0.945. The van der Waals surface area contributed by atoms with E-state index in [2.05, 4.69) is 15.4 Å². The number of thiophene rings is 1. The third kappa shape index (κ3) is 5.88. The summed E-state index contributed by atoms with van der Waals surface area (Å²) < 4.78 is 18.5. The summed E-state index contributed by atoms with van der Waals surface area (Å²) in [4.78, 5) is 56.8. The van der Waals surface area contributed by atoms with Crippen LogP contribution in [0.5, 0.6) is 5.75 Å². The van der Waals surface area contributed by atoms with Crippen LogP contribution in [0.15, 0.2) is 47.7 Å². The molecule has 0 fully saturated rings. The molecule has 0 saturated heterocycles. The van der Waals surface area contributed by atoms with Crippen LogP contribution < -0.4 is 15.6 Å². The minimum Gasteiger partial charge on any atom is -0.490 e. The number of hydrogen-bond acceptors (Lipinski definition) is 10. The molecule has 4 aromatic rings. The average molecular weight is 568 g/mol. The molecule has 13 heteroatoms. The van der Waals surface area contributed by atoms with E-state index in [0.717, 1.165) is 11.3 Å². The average Bonchev–Trinajstić information content (AvgIpc) is 3.48. The Morgan fingerprint density at radius 3 is 2.52 bits per heavy atom. The van der Waals surface area contributed by atoms with E-state index in [1.54, 1.807) is 40.0 Å². The van der Waals surface area contributed by atoms with Gasteiger partial charge in [0.25, 0.3) is 5.56 Å². The third-order valence-corrected chi connectivity index (χ3v) is 7.27. The zero-order valence-electron chi connectivity index (χ0n) is 22.5. The number of hydrogen-bond donors (Lipinski definition) is 1. The van der Waals surface area contributed by atoms with Gasteiger partial charge >= 0.3 is 11.9 Å². The lowest BCUT2D eigenvalue weighted by Crippen LogP contribution is -2.34. The predicted molar refractivity (Wildman–Crippen MR) is 148 cm³/mol. The van der Waals surface area contributed by atoms with Crippen molar-refractivity contribution in [3.05, 3.63) is 69.2 Å². The fraction of sp³-hybridized carbons (Fsp3) is 0.333. The van der Waals surface area contributed by atoms with E-state index in [-0.39, 0.29) is 47.9 Å². The highest BCUT2D eigenvalue weighted by Gasteiger charge is 2.27. The van der Waals surface area contributed by atoms with Gasteiger partial charge in [0, 0.05) is 7.05 Å². The van der Waals surface area contributed by atoms with Crippen LogP contribution in [0.2, 0.25) is 0 Å². The van der Waals surface area contributed by atoms with Gasteiger partial charge in [0.05, 0.1) is 24.5 Å². The van der Waals surface area contributed by atoms with Crippen molar-refractivity contribution in [1.82, 2.24) is 19.3 Å². The summed E-state index contributed by atoms with van der Waals surface area (Å²) in [7, 11) is 1.57. The Bertz CT molecular complexity index is 1590. The molecule has 1 amide bonds. The lowest BCUT2D eigenvalue weighted by molar-refractivity contribution is -0.119. The Morgan fingerprint density at radius 2 is 1.82 bits per heavy atom. The molecule has 0 aliphatic rings. The van der Waals surface area contributed by atoms with E-state index in [9.17, 15) is 19.2 Å². The lowest BCUT2D eigenvalue weighted by Gasteiger charge is -2.18. The second-order valence-corrected chi connectivity index (χ2v) is 9.65. The quantitative estimate of drug-likeness (QED) is 0.213. The van der Waals surface area contributed by atoms with Crippen molar-refractivity contribution in [1.29, 1.82) is 0 Å². The number of aromatic nitrogens is 4. The lowest BCUT2D eigenvalue weighted by atomic mass is 10.1. The Labute approximate surface area is 233 Å². The normalized spacial score (nSPS) is 11.7. The van der Waals surface area contributed by atoms with Crippen molar-refractivity contribution in [2.24, 2.45) is 7.05 Å². The zero-order chi connectivity index (χ0) is 28.8. The Morgan fingerprint density at radius 1 is 1.07 bits per heavy atom. The van der Waals surface area contributed by atoms with E-state index < -0.39 is 29.4 Å². The van der Waals surface area contributed by atoms with Gasteiger partial charge in [-0.05, 0) is 38.0 Å². The van der Waals surface area contributed by atoms with Gasteiger partial charge in [-0.15, -0.1) is 11.3 Å². The van der Waals surface area contributed by atoms with Gasteiger partial charge in [0.2, 0.25) is 5.91 Å². The zero-order valence-corrected chi connectivity index (χ0v) is 23.3. The van der Waals surface area contributed by atoms with Gasteiger partial charge < -0.3 is 19.5 Å². The molecule has 1 N–H and O–H groups in total. The number of esters is 2. The second kappa shape index (κ2) is 12.6. The number of para-hydroxylation sites is 1. The van der Waals surface area contributed by atoms with Crippen LogP contribution in [-0.2, 0) is 21.3 Å². The fourth-order valence-electron chi connectivity index (χ4n) is 4.08. The number of rotatable bonds is 11. The molecular formula is C27H29N5O7S. The van der Waals surface area contributed by atoms with Crippen molar-refractivity contribution in [3.63, 3.8) is 0 Å².